The van der Waals surface area contributed by atoms with E-state index in [1.54, 1.807) is 13.8 Å². The lowest BCUT2D eigenvalue weighted by Crippen LogP contribution is -2.36. The fraction of sp³-hybridized carbons (Fsp3) is 0.611. The van der Waals surface area contributed by atoms with Crippen LogP contribution in [0.15, 0.2) is 11.0 Å². The van der Waals surface area contributed by atoms with Gasteiger partial charge in [0.05, 0.1) is 18.3 Å². The molecule has 1 fully saturated rings. The van der Waals surface area contributed by atoms with Gasteiger partial charge in [0.15, 0.2) is 12.0 Å². The van der Waals surface area contributed by atoms with Crippen LogP contribution in [-0.2, 0) is 9.47 Å². The van der Waals surface area contributed by atoms with Gasteiger partial charge in [-0.2, -0.15) is 4.98 Å². The number of aliphatic hydroxyl groups excluding tert-OH is 2. The summed E-state index contributed by atoms with van der Waals surface area (Å²) in [5.74, 6) is 5.38. The standard InChI is InChI=1S/C18H25N3O6/c1-4-6-7-9-26-18(25)20-15-12(8-5-2)10-21(17(24)19-15)16-14(23)13(22)11(3)27-16/h10-11,13-14,16,22-23H,4,6-7,9H2,1-3H3,(H,19,20,24,25)/t11-,13-,14-,16-/m1/s1. The Morgan fingerprint density at radius 2 is 2.15 bits per heavy atom. The summed E-state index contributed by atoms with van der Waals surface area (Å²) in [6.07, 6.45) is -0.851. The molecule has 1 aliphatic heterocycles. The normalized spacial score (nSPS) is 24.2. The summed E-state index contributed by atoms with van der Waals surface area (Å²) < 4.78 is 11.5. The van der Waals surface area contributed by atoms with E-state index in [1.165, 1.54) is 6.20 Å². The molecule has 9 nitrogen and oxygen atoms in total. The molecule has 2 heterocycles. The predicted molar refractivity (Wildman–Crippen MR) is 97.1 cm³/mol. The Balaban J connectivity index is 2.22. The molecule has 0 aromatic carbocycles. The Morgan fingerprint density at radius 1 is 1.41 bits per heavy atom. The molecule has 1 saturated heterocycles. The second-order valence-corrected chi connectivity index (χ2v) is 6.25. The lowest BCUT2D eigenvalue weighted by Gasteiger charge is -2.18. The number of nitrogens with one attached hydrogen (secondary N) is 1. The summed E-state index contributed by atoms with van der Waals surface area (Å²) in [7, 11) is 0. The fourth-order valence-electron chi connectivity index (χ4n) is 2.68. The monoisotopic (exact) mass is 379 g/mol. The van der Waals surface area contributed by atoms with Gasteiger partial charge in [0.2, 0.25) is 0 Å². The van der Waals surface area contributed by atoms with Crippen molar-refractivity contribution in [2.24, 2.45) is 0 Å². The number of aliphatic hydroxyl groups is 2. The van der Waals surface area contributed by atoms with Crippen molar-refractivity contribution < 1.29 is 24.5 Å². The van der Waals surface area contributed by atoms with Crippen molar-refractivity contribution >= 4 is 11.9 Å². The number of unbranched alkanes of at least 4 members (excludes halogenated alkanes) is 2. The van der Waals surface area contributed by atoms with Crippen molar-refractivity contribution in [3.63, 3.8) is 0 Å². The SMILES string of the molecule is CC#Cc1cn([C@@H]2O[C@H](C)[C@@H](O)[C@H]2O)c(=O)nc1NC(=O)OCCCCC. The zero-order chi connectivity index (χ0) is 20.0. The van der Waals surface area contributed by atoms with Crippen LogP contribution < -0.4 is 11.0 Å². The lowest BCUT2D eigenvalue weighted by molar-refractivity contribution is -0.0350. The number of hydrogen-bond acceptors (Lipinski definition) is 7. The molecule has 0 aliphatic carbocycles. The summed E-state index contributed by atoms with van der Waals surface area (Å²) in [4.78, 5) is 28.1. The molecule has 3 N–H and O–H groups in total. The summed E-state index contributed by atoms with van der Waals surface area (Å²) in [5.41, 5.74) is -0.504. The van der Waals surface area contributed by atoms with E-state index in [2.05, 4.69) is 22.1 Å². The third-order valence-electron chi connectivity index (χ3n) is 4.16. The van der Waals surface area contributed by atoms with Crippen LogP contribution in [0.3, 0.4) is 0 Å². The van der Waals surface area contributed by atoms with E-state index in [0.717, 1.165) is 23.8 Å². The average molecular weight is 379 g/mol. The zero-order valence-electron chi connectivity index (χ0n) is 15.6. The van der Waals surface area contributed by atoms with Crippen molar-refractivity contribution in [1.29, 1.82) is 0 Å². The molecule has 0 bridgehead atoms. The second kappa shape index (κ2) is 9.50. The third-order valence-corrected chi connectivity index (χ3v) is 4.16. The third kappa shape index (κ3) is 5.07. The topological polar surface area (TPSA) is 123 Å². The summed E-state index contributed by atoms with van der Waals surface area (Å²) in [6.45, 7) is 5.49. The molecule has 9 heteroatoms. The Morgan fingerprint density at radius 3 is 2.74 bits per heavy atom. The minimum atomic E-state index is -1.29. The Hall–Kier alpha value is -2.41. The Kier molecular flexibility index (Phi) is 7.36. The van der Waals surface area contributed by atoms with Gasteiger partial charge in [-0.05, 0) is 20.3 Å². The molecule has 4 atom stereocenters. The number of ether oxygens (including phenoxy) is 2. The smallest absolute Gasteiger partial charge is 0.412 e. The Bertz CT molecular complexity index is 782. The number of aromatic nitrogens is 2. The van der Waals surface area contributed by atoms with Gasteiger partial charge in [-0.15, -0.1) is 5.92 Å². The molecule has 0 radical (unpaired) electrons. The molecule has 0 saturated carbocycles. The van der Waals surface area contributed by atoms with Crippen LogP contribution in [0.5, 0.6) is 0 Å². The van der Waals surface area contributed by atoms with E-state index in [4.69, 9.17) is 9.47 Å². The maximum Gasteiger partial charge on any atom is 0.412 e. The van der Waals surface area contributed by atoms with Gasteiger partial charge in [-0.25, -0.2) is 9.59 Å². The van der Waals surface area contributed by atoms with Gasteiger partial charge in [0.1, 0.15) is 12.2 Å². The van der Waals surface area contributed by atoms with Crippen molar-refractivity contribution in [2.45, 2.75) is 64.6 Å². The largest absolute Gasteiger partial charge is 0.449 e. The Labute approximate surface area is 157 Å². The number of rotatable bonds is 6. The zero-order valence-corrected chi connectivity index (χ0v) is 15.6. The number of carbonyl (C=O) groups is 1. The first-order valence-corrected chi connectivity index (χ1v) is 8.90. The van der Waals surface area contributed by atoms with Crippen LogP contribution in [0.2, 0.25) is 0 Å². The quantitative estimate of drug-likeness (QED) is 0.497. The van der Waals surface area contributed by atoms with Crippen LogP contribution in [-0.4, -0.2) is 50.8 Å². The van der Waals surface area contributed by atoms with Crippen molar-refractivity contribution in [1.82, 2.24) is 9.55 Å². The maximum absolute atomic E-state index is 12.4. The van der Waals surface area contributed by atoms with E-state index in [9.17, 15) is 19.8 Å². The number of hydrogen-bond donors (Lipinski definition) is 3. The minimum absolute atomic E-state index is 0.0350. The molecule has 0 spiro atoms. The van der Waals surface area contributed by atoms with Crippen LogP contribution >= 0.6 is 0 Å². The minimum Gasteiger partial charge on any atom is -0.449 e. The lowest BCUT2D eigenvalue weighted by atomic mass is 10.1. The fourth-order valence-corrected chi connectivity index (χ4v) is 2.68. The summed E-state index contributed by atoms with van der Waals surface area (Å²) in [6, 6.07) is 0. The van der Waals surface area contributed by atoms with Gasteiger partial charge < -0.3 is 19.7 Å². The first kappa shape index (κ1) is 20.9. The number of nitrogens with zero attached hydrogens (tertiary/aromatic N) is 2. The van der Waals surface area contributed by atoms with E-state index >= 15 is 0 Å². The van der Waals surface area contributed by atoms with Crippen molar-refractivity contribution in [3.8, 4) is 11.8 Å². The molecule has 1 aromatic rings. The van der Waals surface area contributed by atoms with Crippen LogP contribution in [0.25, 0.3) is 0 Å². The second-order valence-electron chi connectivity index (χ2n) is 6.25. The molecular formula is C18H25N3O6. The van der Waals surface area contributed by atoms with Gasteiger partial charge in [-0.3, -0.25) is 9.88 Å². The number of anilines is 1. The molecule has 148 valence electrons. The van der Waals surface area contributed by atoms with E-state index in [0.29, 0.717) is 0 Å². The number of amides is 1. The highest BCUT2D eigenvalue weighted by atomic mass is 16.6. The summed E-state index contributed by atoms with van der Waals surface area (Å²) >= 11 is 0. The van der Waals surface area contributed by atoms with E-state index in [1.807, 2.05) is 6.92 Å². The van der Waals surface area contributed by atoms with Crippen LogP contribution in [0.4, 0.5) is 10.6 Å². The highest BCUT2D eigenvalue weighted by molar-refractivity contribution is 5.84. The highest BCUT2D eigenvalue weighted by Crippen LogP contribution is 2.28. The van der Waals surface area contributed by atoms with E-state index in [-0.39, 0.29) is 18.0 Å². The molecule has 1 aliphatic rings. The summed E-state index contributed by atoms with van der Waals surface area (Å²) in [5, 5.41) is 22.4. The van der Waals surface area contributed by atoms with E-state index < -0.39 is 36.3 Å². The average Bonchev–Trinajstić information content (AvgIpc) is 2.88. The van der Waals surface area contributed by atoms with Gasteiger partial charge in [-0.1, -0.05) is 25.7 Å². The highest BCUT2D eigenvalue weighted by Gasteiger charge is 2.42. The maximum atomic E-state index is 12.4. The molecule has 0 unspecified atom stereocenters. The molecule has 1 amide bonds. The molecule has 2 rings (SSSR count). The predicted octanol–water partition coefficient (Wildman–Crippen LogP) is 0.992. The molecule has 1 aromatic heterocycles. The van der Waals surface area contributed by atoms with Crippen molar-refractivity contribution in [2.75, 3.05) is 11.9 Å². The molecular weight excluding hydrogens is 354 g/mol. The van der Waals surface area contributed by atoms with Gasteiger partial charge >= 0.3 is 11.8 Å². The first-order valence-electron chi connectivity index (χ1n) is 8.90. The number of carbonyl (C=O) groups excluding carboxylic acids is 1. The van der Waals surface area contributed by atoms with Crippen LogP contribution in [0.1, 0.15) is 51.8 Å². The van der Waals surface area contributed by atoms with Crippen molar-refractivity contribution in [3.05, 3.63) is 22.2 Å². The van der Waals surface area contributed by atoms with Gasteiger partial charge in [0.25, 0.3) is 0 Å². The first-order chi connectivity index (χ1) is 12.9. The van der Waals surface area contributed by atoms with Gasteiger partial charge in [0, 0.05) is 6.20 Å². The molecule has 27 heavy (non-hydrogen) atoms. The van der Waals surface area contributed by atoms with Crippen LogP contribution in [0, 0.1) is 11.8 Å².